The molecule has 1 heterocycles. The summed E-state index contributed by atoms with van der Waals surface area (Å²) in [5.74, 6) is -0.765. The highest BCUT2D eigenvalue weighted by Gasteiger charge is 2.26. The highest BCUT2D eigenvalue weighted by atomic mass is 16.7. The van der Waals surface area contributed by atoms with Crippen molar-refractivity contribution in [2.75, 3.05) is 6.79 Å². The van der Waals surface area contributed by atoms with Crippen LogP contribution in [0.3, 0.4) is 0 Å². The third-order valence-corrected chi connectivity index (χ3v) is 4.19. The van der Waals surface area contributed by atoms with Gasteiger partial charge in [0.05, 0.1) is 17.6 Å². The maximum absolute atomic E-state index is 11.5. The van der Waals surface area contributed by atoms with Gasteiger partial charge < -0.3 is 24.5 Å². The van der Waals surface area contributed by atoms with Crippen LogP contribution in [0.2, 0.25) is 0 Å². The first kappa shape index (κ1) is 13.8. The normalized spacial score (nSPS) is 19.9. The van der Waals surface area contributed by atoms with Crippen molar-refractivity contribution in [2.24, 2.45) is 0 Å². The first-order chi connectivity index (χ1) is 11.1. The highest BCUT2D eigenvalue weighted by Crippen LogP contribution is 2.40. The Bertz CT molecular complexity index is 837. The van der Waals surface area contributed by atoms with Crippen molar-refractivity contribution >= 4 is 17.6 Å². The highest BCUT2D eigenvalue weighted by molar-refractivity contribution is 5.99. The summed E-state index contributed by atoms with van der Waals surface area (Å²) in [7, 11) is 0. The summed E-state index contributed by atoms with van der Waals surface area (Å²) in [4.78, 5) is 11.5. The molecule has 0 unspecified atom stereocenters. The summed E-state index contributed by atoms with van der Waals surface area (Å²) in [6, 6.07) is 11.0. The average Bonchev–Trinajstić information content (AvgIpc) is 3.11. The van der Waals surface area contributed by atoms with Crippen LogP contribution in [0, 0.1) is 0 Å². The van der Waals surface area contributed by atoms with Crippen molar-refractivity contribution in [2.45, 2.75) is 12.5 Å². The van der Waals surface area contributed by atoms with Crippen LogP contribution in [0.5, 0.6) is 11.5 Å². The molecule has 0 radical (unpaired) electrons. The van der Waals surface area contributed by atoms with Crippen molar-refractivity contribution in [1.29, 1.82) is 0 Å². The lowest BCUT2D eigenvalue weighted by molar-refractivity contribution is -0.255. The Kier molecular flexibility index (Phi) is 3.09. The molecule has 1 N–H and O–H groups in total. The molecule has 23 heavy (non-hydrogen) atoms. The molecular formula is C18H13O5-. The van der Waals surface area contributed by atoms with Crippen molar-refractivity contribution in [1.82, 2.24) is 0 Å². The lowest BCUT2D eigenvalue weighted by Gasteiger charge is -2.12. The van der Waals surface area contributed by atoms with E-state index in [2.05, 4.69) is 0 Å². The summed E-state index contributed by atoms with van der Waals surface area (Å²) in [6.45, 7) is -0.0128. The van der Waals surface area contributed by atoms with Gasteiger partial charge in [0.15, 0.2) is 11.5 Å². The molecule has 116 valence electrons. The molecular weight excluding hydrogens is 296 g/mol. The van der Waals surface area contributed by atoms with Gasteiger partial charge in [-0.3, -0.25) is 0 Å². The Balaban J connectivity index is 1.88. The van der Waals surface area contributed by atoms with Crippen molar-refractivity contribution < 1.29 is 24.5 Å². The summed E-state index contributed by atoms with van der Waals surface area (Å²) >= 11 is 0. The third-order valence-electron chi connectivity index (χ3n) is 4.19. The van der Waals surface area contributed by atoms with Gasteiger partial charge in [0.2, 0.25) is 6.79 Å². The van der Waals surface area contributed by atoms with E-state index in [0.717, 1.165) is 11.1 Å². The van der Waals surface area contributed by atoms with Crippen LogP contribution in [0.4, 0.5) is 0 Å². The Morgan fingerprint density at radius 2 is 2.04 bits per heavy atom. The predicted molar refractivity (Wildman–Crippen MR) is 80.9 cm³/mol. The van der Waals surface area contributed by atoms with Gasteiger partial charge in [-0.25, -0.2) is 0 Å². The molecule has 0 spiro atoms. The smallest absolute Gasteiger partial charge is 0.231 e. The molecule has 4 rings (SSSR count). The standard InChI is InChI=1S/C18H14O5/c19-14-8-10-3-1-2-4-12(10)13(14)7-11-5-6-15-17(23-9-22-15)16(11)18(20)21/h1-7,14,19H,8-9H2,(H,20,21)/p-1/b13-7+/t14-/m1/s1. The van der Waals surface area contributed by atoms with Gasteiger partial charge in [0, 0.05) is 6.42 Å². The molecule has 0 aromatic heterocycles. The lowest BCUT2D eigenvalue weighted by atomic mass is 9.99. The lowest BCUT2D eigenvalue weighted by Crippen LogP contribution is -2.24. The second-order valence-electron chi connectivity index (χ2n) is 5.53. The predicted octanol–water partition coefficient (Wildman–Crippen LogP) is 1.24. The van der Waals surface area contributed by atoms with E-state index in [4.69, 9.17) is 9.47 Å². The monoisotopic (exact) mass is 309 g/mol. The van der Waals surface area contributed by atoms with Crippen LogP contribution in [0.25, 0.3) is 11.6 Å². The second kappa shape index (κ2) is 5.14. The zero-order valence-electron chi connectivity index (χ0n) is 12.1. The molecule has 2 aliphatic rings. The number of hydrogen-bond acceptors (Lipinski definition) is 5. The first-order valence-corrected chi connectivity index (χ1v) is 7.27. The van der Waals surface area contributed by atoms with E-state index >= 15 is 0 Å². The van der Waals surface area contributed by atoms with Crippen LogP contribution in [-0.4, -0.2) is 24.0 Å². The van der Waals surface area contributed by atoms with Gasteiger partial charge in [-0.2, -0.15) is 0 Å². The van der Waals surface area contributed by atoms with E-state index in [1.54, 1.807) is 18.2 Å². The number of aromatic carboxylic acids is 1. The van der Waals surface area contributed by atoms with Crippen molar-refractivity contribution in [3.63, 3.8) is 0 Å². The van der Waals surface area contributed by atoms with E-state index in [-0.39, 0.29) is 18.1 Å². The maximum atomic E-state index is 11.5. The zero-order chi connectivity index (χ0) is 16.0. The summed E-state index contributed by atoms with van der Waals surface area (Å²) in [5, 5.41) is 21.9. The molecule has 0 bridgehead atoms. The molecule has 1 aliphatic heterocycles. The number of carbonyl (C=O) groups is 1. The van der Waals surface area contributed by atoms with Gasteiger partial charge in [-0.15, -0.1) is 0 Å². The van der Waals surface area contributed by atoms with Crippen LogP contribution in [-0.2, 0) is 6.42 Å². The number of aliphatic hydroxyl groups excluding tert-OH is 1. The van der Waals surface area contributed by atoms with E-state index < -0.39 is 12.1 Å². The van der Waals surface area contributed by atoms with Crippen LogP contribution in [0.1, 0.15) is 27.0 Å². The number of hydrogen-bond donors (Lipinski definition) is 1. The molecule has 0 amide bonds. The number of carbonyl (C=O) groups excluding carboxylic acids is 1. The number of ether oxygens (including phenoxy) is 2. The number of carboxylic acid groups (broad SMARTS) is 1. The van der Waals surface area contributed by atoms with Gasteiger partial charge in [-0.1, -0.05) is 30.3 Å². The quantitative estimate of drug-likeness (QED) is 0.903. The maximum Gasteiger partial charge on any atom is 0.231 e. The second-order valence-corrected chi connectivity index (χ2v) is 5.53. The number of aliphatic hydroxyl groups is 1. The topological polar surface area (TPSA) is 78.8 Å². The number of benzene rings is 2. The fourth-order valence-corrected chi connectivity index (χ4v) is 3.14. The summed E-state index contributed by atoms with van der Waals surface area (Å²) in [6.07, 6.45) is 1.55. The zero-order valence-corrected chi connectivity index (χ0v) is 12.1. The molecule has 5 heteroatoms. The molecule has 0 saturated heterocycles. The molecule has 0 saturated carbocycles. The van der Waals surface area contributed by atoms with Crippen molar-refractivity contribution in [3.8, 4) is 11.5 Å². The molecule has 5 nitrogen and oxygen atoms in total. The fraction of sp³-hybridized carbons (Fsp3) is 0.167. The average molecular weight is 309 g/mol. The Hall–Kier alpha value is -2.79. The Morgan fingerprint density at radius 3 is 2.87 bits per heavy atom. The first-order valence-electron chi connectivity index (χ1n) is 7.27. The number of rotatable bonds is 2. The number of fused-ring (bicyclic) bond motifs is 2. The van der Waals surface area contributed by atoms with Gasteiger partial charge in [-0.05, 0) is 34.4 Å². The number of carboxylic acids is 1. The van der Waals surface area contributed by atoms with Crippen LogP contribution < -0.4 is 14.6 Å². The van der Waals surface area contributed by atoms with Gasteiger partial charge >= 0.3 is 0 Å². The van der Waals surface area contributed by atoms with Gasteiger partial charge in [0.25, 0.3) is 0 Å². The van der Waals surface area contributed by atoms with E-state index in [0.29, 0.717) is 23.3 Å². The Labute approximate surface area is 132 Å². The SMILES string of the molecule is O=C([O-])c1c(/C=C2\c3ccccc3C[C@H]2O)ccc2c1OCO2. The minimum absolute atomic E-state index is 0.0128. The largest absolute Gasteiger partial charge is 0.545 e. The van der Waals surface area contributed by atoms with Crippen LogP contribution >= 0.6 is 0 Å². The minimum Gasteiger partial charge on any atom is -0.545 e. The Morgan fingerprint density at radius 1 is 1.22 bits per heavy atom. The third kappa shape index (κ3) is 2.17. The van der Waals surface area contributed by atoms with Crippen LogP contribution in [0.15, 0.2) is 36.4 Å². The molecule has 2 aromatic carbocycles. The molecule has 0 fully saturated rings. The van der Waals surface area contributed by atoms with E-state index in [1.807, 2.05) is 24.3 Å². The summed E-state index contributed by atoms with van der Waals surface area (Å²) < 4.78 is 10.5. The molecule has 1 aliphatic carbocycles. The van der Waals surface area contributed by atoms with E-state index in [1.165, 1.54) is 0 Å². The van der Waals surface area contributed by atoms with E-state index in [9.17, 15) is 15.0 Å². The van der Waals surface area contributed by atoms with Gasteiger partial charge in [0.1, 0.15) is 0 Å². The summed E-state index contributed by atoms with van der Waals surface area (Å²) in [5.41, 5.74) is 3.05. The fourth-order valence-electron chi connectivity index (χ4n) is 3.14. The van der Waals surface area contributed by atoms with Crippen molar-refractivity contribution in [3.05, 3.63) is 58.7 Å². The molecule has 1 atom stereocenters. The molecule has 2 aromatic rings. The minimum atomic E-state index is -1.33.